The highest BCUT2D eigenvalue weighted by molar-refractivity contribution is 6.40. The molecule has 3 N–H and O–H groups in total. The second-order valence-corrected chi connectivity index (χ2v) is 12.4. The molecule has 2 aromatic carbocycles. The van der Waals surface area contributed by atoms with Crippen LogP contribution in [-0.2, 0) is 44.6 Å². The summed E-state index contributed by atoms with van der Waals surface area (Å²) < 4.78 is 107. The quantitative estimate of drug-likeness (QED) is 0.249. The van der Waals surface area contributed by atoms with Crippen molar-refractivity contribution in [1.29, 1.82) is 0 Å². The molecule has 0 radical (unpaired) electrons. The number of anilines is 2. The summed E-state index contributed by atoms with van der Waals surface area (Å²) in [6.07, 6.45) is -0.461. The summed E-state index contributed by atoms with van der Waals surface area (Å²) in [5.74, 6) is -3.57. The number of nitrogens with one attached hydrogen (secondary N) is 3. The van der Waals surface area contributed by atoms with E-state index in [2.05, 4.69) is 25.9 Å². The van der Waals surface area contributed by atoms with E-state index in [-0.39, 0.29) is 49.6 Å². The maximum absolute atomic E-state index is 13.9. The fraction of sp³-hybridized carbons (Fsp3) is 0.364. The summed E-state index contributed by atoms with van der Waals surface area (Å²) in [4.78, 5) is 50.2. The first-order chi connectivity index (χ1) is 27.2. The van der Waals surface area contributed by atoms with E-state index in [1.165, 1.54) is 4.90 Å². The third-order valence-electron chi connectivity index (χ3n) is 7.31. The number of ether oxygens (including phenoxy) is 1. The number of benzene rings is 2. The highest BCUT2D eigenvalue weighted by Crippen LogP contribution is 2.40. The lowest BCUT2D eigenvalue weighted by atomic mass is 10.0. The number of rotatable bonds is 5. The lowest BCUT2D eigenvalue weighted by Crippen LogP contribution is -2.40. The van der Waals surface area contributed by atoms with Crippen LogP contribution in [0.2, 0.25) is 10.0 Å². The molecule has 47 heavy (non-hydrogen) atoms. The summed E-state index contributed by atoms with van der Waals surface area (Å²) in [6.45, 7) is -0.332. The first-order valence-electron chi connectivity index (χ1n) is 20.4. The number of aromatic nitrogens is 4. The smallest absolute Gasteiger partial charge is 0.410 e. The van der Waals surface area contributed by atoms with Crippen molar-refractivity contribution in [1.82, 2.24) is 29.3 Å². The van der Waals surface area contributed by atoms with Crippen LogP contribution in [0.25, 0.3) is 11.1 Å². The van der Waals surface area contributed by atoms with E-state index in [0.717, 1.165) is 4.57 Å². The highest BCUT2D eigenvalue weighted by atomic mass is 35.5. The Balaban J connectivity index is 1.42. The van der Waals surface area contributed by atoms with E-state index >= 15 is 0 Å². The number of halogens is 2. The average Bonchev–Trinajstić information content (AvgIpc) is 3.74. The molecule has 0 saturated heterocycles. The zero-order valence-corrected chi connectivity index (χ0v) is 26.9. The van der Waals surface area contributed by atoms with Crippen LogP contribution in [0, 0.1) is 0 Å². The van der Waals surface area contributed by atoms with Crippen LogP contribution < -0.4 is 16.0 Å². The molecule has 4 heterocycles. The molecule has 0 bridgehead atoms. The Bertz CT molecular complexity index is 2440. The number of fused-ring (bicyclic) bond motifs is 2. The molecule has 6 rings (SSSR count). The number of amides is 3. The van der Waals surface area contributed by atoms with Gasteiger partial charge in [0.2, 0.25) is 0 Å². The number of hydrogen-bond acceptors (Lipinski definition) is 7. The maximum Gasteiger partial charge on any atom is 0.410 e. The van der Waals surface area contributed by atoms with E-state index in [4.69, 9.17) is 44.4 Å². The van der Waals surface area contributed by atoms with Crippen molar-refractivity contribution < 1.29 is 35.6 Å². The van der Waals surface area contributed by atoms with Gasteiger partial charge >= 0.3 is 6.09 Å². The van der Waals surface area contributed by atoms with Gasteiger partial charge in [-0.1, -0.05) is 47.4 Å². The van der Waals surface area contributed by atoms with Crippen molar-refractivity contribution >= 4 is 52.5 Å². The largest absolute Gasteiger partial charge is 0.444 e. The molecule has 0 atom stereocenters. The first-order valence-corrected chi connectivity index (χ1v) is 15.1. The minimum Gasteiger partial charge on any atom is -0.444 e. The molecule has 2 aromatic heterocycles. The molecule has 0 saturated carbocycles. The van der Waals surface area contributed by atoms with E-state index < -0.39 is 118 Å². The topological polar surface area (TPSA) is 135 Å². The van der Waals surface area contributed by atoms with Crippen molar-refractivity contribution in [3.05, 3.63) is 80.7 Å². The number of carbonyl (C=O) groups is 3. The molecule has 2 aliphatic rings. The van der Waals surface area contributed by atoms with Crippen molar-refractivity contribution in [2.75, 3.05) is 23.7 Å². The molecule has 3 amide bonds. The van der Waals surface area contributed by atoms with Gasteiger partial charge in [0, 0.05) is 77.2 Å². The molecule has 246 valence electrons. The predicted octanol–water partition coefficient (Wildman–Crippen LogP) is 5.57. The zero-order valence-electron chi connectivity index (χ0n) is 37.4. The fourth-order valence-corrected chi connectivity index (χ4v) is 5.59. The van der Waals surface area contributed by atoms with Gasteiger partial charge in [0.1, 0.15) is 5.60 Å². The minimum atomic E-state index is -2.96. The standard InChI is InChI=1S/C33H36Cl2N8O4/c1-33(2,3)47-32(46)43-15-13-25-23(17-43)38-29(42(25)5)31(45)40-21-11-7-9-19(27(21)35)18-8-6-10-20(26(18)34)39-30(44)28-37-22-16-36-14-12-24(22)41(28)4/h6-11,36H,12-17H2,1-5H3,(H,39,44)(H,40,45)/i4D3,5D3,6D,7D,8D,9D,10D,11D. The Morgan fingerprint density at radius 1 is 0.894 bits per heavy atom. The Morgan fingerprint density at radius 3 is 2.00 bits per heavy atom. The van der Waals surface area contributed by atoms with Gasteiger partial charge in [-0.2, -0.15) is 0 Å². The van der Waals surface area contributed by atoms with E-state index in [9.17, 15) is 14.4 Å². The molecule has 12 nitrogen and oxygen atoms in total. The normalized spacial score (nSPS) is 18.5. The molecule has 4 aromatic rings. The zero-order chi connectivity index (χ0) is 43.8. The molecule has 0 aliphatic carbocycles. The minimum absolute atomic E-state index is 0.0189. The van der Waals surface area contributed by atoms with Crippen LogP contribution in [0.4, 0.5) is 16.2 Å². The molecular formula is C33H36Cl2N8O4. The summed E-state index contributed by atoms with van der Waals surface area (Å²) >= 11 is 13.5. The number of nitrogens with zero attached hydrogens (tertiary/aromatic N) is 5. The lowest BCUT2D eigenvalue weighted by Gasteiger charge is -2.29. The molecule has 2 aliphatic heterocycles. The summed E-state index contributed by atoms with van der Waals surface area (Å²) in [5, 5.41) is 6.38. The highest BCUT2D eigenvalue weighted by Gasteiger charge is 2.30. The van der Waals surface area contributed by atoms with E-state index in [1.807, 2.05) is 0 Å². The number of carbonyl (C=O) groups excluding carboxylic acids is 3. The van der Waals surface area contributed by atoms with Gasteiger partial charge in [-0.15, -0.1) is 0 Å². The predicted molar refractivity (Wildman–Crippen MR) is 180 cm³/mol. The summed E-state index contributed by atoms with van der Waals surface area (Å²) in [7, 11) is 0. The van der Waals surface area contributed by atoms with Crippen LogP contribution in [0.15, 0.2) is 36.3 Å². The second kappa shape index (κ2) is 12.7. The van der Waals surface area contributed by atoms with Gasteiger partial charge in [0.25, 0.3) is 11.8 Å². The summed E-state index contributed by atoms with van der Waals surface area (Å²) in [5.41, 5.74) is -2.38. The molecule has 0 unspecified atom stereocenters. The molecule has 0 spiro atoms. The SMILES string of the molecule is [2H]c1c([2H])c(NC(=O)c2nc3c(n2C([2H])([2H])[2H])CCNC3)c(Cl)c(-c2c([2H])c([2H])c([2H])c(NC(=O)c3nc4c(n3C([2H])([2H])[2H])CCN(C(=O)OC(C)(C)C)C4)c2Cl)c1[2H]. The first kappa shape index (κ1) is 20.8. The van der Waals surface area contributed by atoms with Crippen molar-refractivity contribution in [2.24, 2.45) is 14.0 Å². The summed E-state index contributed by atoms with van der Waals surface area (Å²) in [6, 6.07) is -4.88. The molecule has 14 heteroatoms. The Labute approximate surface area is 299 Å². The van der Waals surface area contributed by atoms with Gasteiger partial charge in [-0.25, -0.2) is 14.8 Å². The van der Waals surface area contributed by atoms with Gasteiger partial charge in [-0.3, -0.25) is 9.59 Å². The Morgan fingerprint density at radius 2 is 1.45 bits per heavy atom. The maximum atomic E-state index is 13.9. The van der Waals surface area contributed by atoms with Crippen LogP contribution in [-0.4, -0.2) is 60.6 Å². The third-order valence-corrected chi connectivity index (χ3v) is 8.07. The van der Waals surface area contributed by atoms with Crippen molar-refractivity contribution in [2.45, 2.75) is 52.3 Å². The van der Waals surface area contributed by atoms with Crippen molar-refractivity contribution in [3.8, 4) is 11.1 Å². The molecular weight excluding hydrogens is 643 g/mol. The number of imidazole rings is 2. The monoisotopic (exact) mass is 690 g/mol. The van der Waals surface area contributed by atoms with E-state index in [1.54, 1.807) is 20.8 Å². The number of hydrogen-bond donors (Lipinski definition) is 3. The van der Waals surface area contributed by atoms with Gasteiger partial charge in [0.15, 0.2) is 11.6 Å². The van der Waals surface area contributed by atoms with Gasteiger partial charge in [0.05, 0.1) is 47.6 Å². The van der Waals surface area contributed by atoms with Crippen LogP contribution in [0.5, 0.6) is 0 Å². The third kappa shape index (κ3) is 6.45. The molecule has 0 fully saturated rings. The Kier molecular flexibility index (Phi) is 5.59. The van der Waals surface area contributed by atoms with Crippen molar-refractivity contribution in [3.63, 3.8) is 0 Å². The Hall–Kier alpha value is -4.39. The average molecular weight is 692 g/mol. The van der Waals surface area contributed by atoms with Crippen LogP contribution >= 0.6 is 23.2 Å². The fourth-order valence-electron chi connectivity index (χ4n) is 5.12. The van der Waals surface area contributed by atoms with Crippen LogP contribution in [0.1, 0.15) is 81.2 Å². The second-order valence-electron chi connectivity index (χ2n) is 11.7. The van der Waals surface area contributed by atoms with Gasteiger partial charge < -0.3 is 34.7 Å². The lowest BCUT2D eigenvalue weighted by molar-refractivity contribution is 0.0220. The van der Waals surface area contributed by atoms with Crippen LogP contribution in [0.3, 0.4) is 0 Å². The van der Waals surface area contributed by atoms with E-state index in [0.29, 0.717) is 16.8 Å². The van der Waals surface area contributed by atoms with Gasteiger partial charge in [-0.05, 0) is 32.9 Å².